The van der Waals surface area contributed by atoms with E-state index in [1.807, 2.05) is 11.8 Å². The van der Waals surface area contributed by atoms with E-state index in [0.717, 1.165) is 10.9 Å². The van der Waals surface area contributed by atoms with E-state index in [4.69, 9.17) is 0 Å². The largest absolute Gasteiger partial charge is 0.335 e. The Labute approximate surface area is 102 Å². The highest BCUT2D eigenvalue weighted by atomic mass is 32.2. The second kappa shape index (κ2) is 4.91. The fraction of sp³-hybridized carbons (Fsp3) is 0.462. The quantitative estimate of drug-likeness (QED) is 0.801. The number of amidine groups is 1. The normalized spacial score (nSPS) is 25.1. The SMILES string of the molecule is Cc1ccc(NC2=NC(C)CC(C)S2)cc1. The Morgan fingerprint density at radius 3 is 2.56 bits per heavy atom. The highest BCUT2D eigenvalue weighted by molar-refractivity contribution is 8.14. The summed E-state index contributed by atoms with van der Waals surface area (Å²) in [6, 6.07) is 8.86. The third-order valence-corrected chi connectivity index (χ3v) is 3.65. The van der Waals surface area contributed by atoms with Crippen molar-refractivity contribution in [2.75, 3.05) is 5.32 Å². The number of thioether (sulfide) groups is 1. The Kier molecular flexibility index (Phi) is 3.54. The molecule has 0 saturated carbocycles. The highest BCUT2D eigenvalue weighted by Gasteiger charge is 2.18. The van der Waals surface area contributed by atoms with Crippen molar-refractivity contribution in [3.63, 3.8) is 0 Å². The van der Waals surface area contributed by atoms with Crippen LogP contribution >= 0.6 is 11.8 Å². The third-order valence-electron chi connectivity index (χ3n) is 2.63. The molecular weight excluding hydrogens is 216 g/mol. The first-order valence-electron chi connectivity index (χ1n) is 5.71. The molecule has 0 bridgehead atoms. The molecule has 16 heavy (non-hydrogen) atoms. The van der Waals surface area contributed by atoms with Gasteiger partial charge in [-0.25, -0.2) is 0 Å². The number of nitrogens with one attached hydrogen (secondary N) is 1. The van der Waals surface area contributed by atoms with E-state index >= 15 is 0 Å². The molecule has 1 aliphatic rings. The predicted molar refractivity (Wildman–Crippen MR) is 73.4 cm³/mol. The molecule has 2 nitrogen and oxygen atoms in total. The molecule has 2 atom stereocenters. The Hall–Kier alpha value is -0.960. The van der Waals surface area contributed by atoms with E-state index in [1.54, 1.807) is 0 Å². The minimum absolute atomic E-state index is 0.434. The van der Waals surface area contributed by atoms with Gasteiger partial charge in [0.25, 0.3) is 0 Å². The van der Waals surface area contributed by atoms with Crippen molar-refractivity contribution < 1.29 is 0 Å². The van der Waals surface area contributed by atoms with Crippen molar-refractivity contribution >= 4 is 22.6 Å². The standard InChI is InChI=1S/C13H18N2S/c1-9-4-6-12(7-5-9)15-13-14-10(2)8-11(3)16-13/h4-7,10-11H,8H2,1-3H3,(H,14,15). The average molecular weight is 234 g/mol. The lowest BCUT2D eigenvalue weighted by Crippen LogP contribution is -2.22. The molecule has 1 aromatic rings. The average Bonchev–Trinajstić information content (AvgIpc) is 2.20. The van der Waals surface area contributed by atoms with Crippen molar-refractivity contribution in [1.82, 2.24) is 0 Å². The lowest BCUT2D eigenvalue weighted by Gasteiger charge is -2.23. The Balaban J connectivity index is 2.07. The summed E-state index contributed by atoms with van der Waals surface area (Å²) in [5.74, 6) is 0. The minimum atomic E-state index is 0.434. The van der Waals surface area contributed by atoms with Crippen LogP contribution in [-0.4, -0.2) is 16.5 Å². The summed E-state index contributed by atoms with van der Waals surface area (Å²) >= 11 is 1.83. The number of benzene rings is 1. The molecule has 1 aliphatic heterocycles. The van der Waals surface area contributed by atoms with Gasteiger partial charge in [-0.3, -0.25) is 4.99 Å². The number of anilines is 1. The molecule has 0 fully saturated rings. The van der Waals surface area contributed by atoms with Crippen LogP contribution in [0.5, 0.6) is 0 Å². The molecule has 0 spiro atoms. The number of rotatable bonds is 1. The fourth-order valence-electron chi connectivity index (χ4n) is 1.82. The monoisotopic (exact) mass is 234 g/mol. The van der Waals surface area contributed by atoms with Gasteiger partial charge in [-0.2, -0.15) is 0 Å². The van der Waals surface area contributed by atoms with Gasteiger partial charge in [0.1, 0.15) is 0 Å². The molecule has 0 radical (unpaired) electrons. The van der Waals surface area contributed by atoms with Crippen molar-refractivity contribution in [1.29, 1.82) is 0 Å². The second-order valence-electron chi connectivity index (χ2n) is 4.44. The van der Waals surface area contributed by atoms with Gasteiger partial charge in [0.2, 0.25) is 0 Å². The Morgan fingerprint density at radius 2 is 1.94 bits per heavy atom. The van der Waals surface area contributed by atoms with E-state index in [1.165, 1.54) is 12.0 Å². The molecular formula is C13H18N2S. The number of aliphatic imine (C=N–C) groups is 1. The number of nitrogens with zero attached hydrogens (tertiary/aromatic N) is 1. The van der Waals surface area contributed by atoms with Gasteiger partial charge in [-0.1, -0.05) is 36.4 Å². The van der Waals surface area contributed by atoms with Crippen molar-refractivity contribution in [3.8, 4) is 0 Å². The van der Waals surface area contributed by atoms with Crippen LogP contribution in [-0.2, 0) is 0 Å². The maximum atomic E-state index is 4.62. The molecule has 2 unspecified atom stereocenters. The van der Waals surface area contributed by atoms with E-state index in [9.17, 15) is 0 Å². The summed E-state index contributed by atoms with van der Waals surface area (Å²) in [4.78, 5) is 4.62. The van der Waals surface area contributed by atoms with Crippen LogP contribution in [0.25, 0.3) is 0 Å². The predicted octanol–water partition coefficient (Wildman–Crippen LogP) is 3.68. The molecule has 86 valence electrons. The van der Waals surface area contributed by atoms with Gasteiger partial charge in [-0.05, 0) is 32.4 Å². The van der Waals surface area contributed by atoms with E-state index < -0.39 is 0 Å². The van der Waals surface area contributed by atoms with Gasteiger partial charge in [-0.15, -0.1) is 0 Å². The van der Waals surface area contributed by atoms with Crippen LogP contribution in [0, 0.1) is 6.92 Å². The molecule has 1 aromatic carbocycles. The fourth-order valence-corrected chi connectivity index (χ4v) is 3.00. The molecule has 0 aliphatic carbocycles. The molecule has 3 heteroatoms. The molecule has 0 saturated heterocycles. The molecule has 1 N–H and O–H groups in total. The second-order valence-corrected chi connectivity index (χ2v) is 5.87. The molecule has 0 amide bonds. The zero-order valence-electron chi connectivity index (χ0n) is 10.0. The van der Waals surface area contributed by atoms with Crippen molar-refractivity contribution in [3.05, 3.63) is 29.8 Å². The van der Waals surface area contributed by atoms with Crippen molar-refractivity contribution in [2.45, 2.75) is 38.5 Å². The summed E-state index contributed by atoms with van der Waals surface area (Å²) in [7, 11) is 0. The van der Waals surface area contributed by atoms with Crippen LogP contribution in [0.15, 0.2) is 29.3 Å². The zero-order valence-corrected chi connectivity index (χ0v) is 10.8. The highest BCUT2D eigenvalue weighted by Crippen LogP contribution is 2.25. The third kappa shape index (κ3) is 3.01. The number of aryl methyl sites for hydroxylation is 1. The molecule has 1 heterocycles. The first kappa shape index (κ1) is 11.5. The first-order valence-corrected chi connectivity index (χ1v) is 6.59. The zero-order chi connectivity index (χ0) is 11.5. The Morgan fingerprint density at radius 1 is 1.25 bits per heavy atom. The van der Waals surface area contributed by atoms with E-state index in [-0.39, 0.29) is 0 Å². The lowest BCUT2D eigenvalue weighted by molar-refractivity contribution is 0.661. The minimum Gasteiger partial charge on any atom is -0.335 e. The van der Waals surface area contributed by atoms with Gasteiger partial charge in [0.05, 0.1) is 6.04 Å². The van der Waals surface area contributed by atoms with Crippen LogP contribution in [0.2, 0.25) is 0 Å². The summed E-state index contributed by atoms with van der Waals surface area (Å²) in [6.45, 7) is 6.53. The molecule has 2 rings (SSSR count). The smallest absolute Gasteiger partial charge is 0.161 e. The number of hydrogen-bond acceptors (Lipinski definition) is 3. The summed E-state index contributed by atoms with van der Waals surface area (Å²) in [5.41, 5.74) is 2.41. The van der Waals surface area contributed by atoms with Crippen LogP contribution in [0.4, 0.5) is 5.69 Å². The maximum Gasteiger partial charge on any atom is 0.161 e. The first-order chi connectivity index (χ1) is 7.63. The van der Waals surface area contributed by atoms with Crippen LogP contribution in [0.3, 0.4) is 0 Å². The van der Waals surface area contributed by atoms with Gasteiger partial charge in [0, 0.05) is 10.9 Å². The Bertz CT molecular complexity index is 383. The van der Waals surface area contributed by atoms with Gasteiger partial charge < -0.3 is 5.32 Å². The van der Waals surface area contributed by atoms with Gasteiger partial charge in [0.15, 0.2) is 5.17 Å². The van der Waals surface area contributed by atoms with Crippen molar-refractivity contribution in [2.24, 2.45) is 4.99 Å². The van der Waals surface area contributed by atoms with E-state index in [0.29, 0.717) is 11.3 Å². The molecule has 0 aromatic heterocycles. The van der Waals surface area contributed by atoms with Gasteiger partial charge >= 0.3 is 0 Å². The van der Waals surface area contributed by atoms with E-state index in [2.05, 4.69) is 55.3 Å². The van der Waals surface area contributed by atoms with Crippen LogP contribution in [0.1, 0.15) is 25.8 Å². The maximum absolute atomic E-state index is 4.62. The van der Waals surface area contributed by atoms with Crippen LogP contribution < -0.4 is 5.32 Å². The summed E-state index contributed by atoms with van der Waals surface area (Å²) in [5, 5.41) is 5.09. The number of hydrogen-bond donors (Lipinski definition) is 1. The topological polar surface area (TPSA) is 24.4 Å². The summed E-state index contributed by atoms with van der Waals surface area (Å²) in [6.07, 6.45) is 1.17. The summed E-state index contributed by atoms with van der Waals surface area (Å²) < 4.78 is 0. The lowest BCUT2D eigenvalue weighted by atomic mass is 10.2.